The first-order valence-electron chi connectivity index (χ1n) is 10.7. The molecule has 2 unspecified atom stereocenters. The van der Waals surface area contributed by atoms with Crippen LogP contribution in [0.4, 0.5) is 4.79 Å². The van der Waals surface area contributed by atoms with Gasteiger partial charge in [-0.3, -0.25) is 14.7 Å². The monoisotopic (exact) mass is 417 g/mol. The van der Waals surface area contributed by atoms with Crippen molar-refractivity contribution in [3.8, 4) is 0 Å². The molecule has 4 rings (SSSR count). The van der Waals surface area contributed by atoms with Gasteiger partial charge in [-0.2, -0.15) is 11.8 Å². The normalized spacial score (nSPS) is 31.3. The first-order valence-corrected chi connectivity index (χ1v) is 11.7. The molecule has 5 atom stereocenters. The van der Waals surface area contributed by atoms with E-state index in [-0.39, 0.29) is 24.0 Å². The van der Waals surface area contributed by atoms with Gasteiger partial charge < -0.3 is 16.0 Å². The summed E-state index contributed by atoms with van der Waals surface area (Å²) in [6, 6.07) is 4.93. The van der Waals surface area contributed by atoms with E-state index in [2.05, 4.69) is 38.9 Å². The smallest absolute Gasteiger partial charge is 0.315 e. The molecule has 0 spiro atoms. The lowest BCUT2D eigenvalue weighted by molar-refractivity contribution is -0.121. The van der Waals surface area contributed by atoms with Gasteiger partial charge in [-0.25, -0.2) is 4.79 Å². The molecular formula is C21H31N5O2S. The Hall–Kier alpha value is -1.80. The number of urea groups is 1. The Morgan fingerprint density at radius 2 is 2.28 bits per heavy atom. The number of nitrogens with zero attached hydrogens (tertiary/aromatic N) is 2. The molecule has 4 heterocycles. The molecule has 158 valence electrons. The third kappa shape index (κ3) is 4.86. The number of pyridine rings is 1. The maximum absolute atomic E-state index is 12.3. The van der Waals surface area contributed by atoms with Gasteiger partial charge in [0.15, 0.2) is 0 Å². The summed E-state index contributed by atoms with van der Waals surface area (Å²) in [6.07, 6.45) is 8.39. The maximum atomic E-state index is 12.3. The molecule has 3 aliphatic rings. The Labute approximate surface area is 176 Å². The summed E-state index contributed by atoms with van der Waals surface area (Å²) < 4.78 is 0. The molecule has 0 bridgehead atoms. The topological polar surface area (TPSA) is 86.4 Å². The van der Waals surface area contributed by atoms with Crippen LogP contribution in [-0.2, 0) is 4.79 Å². The van der Waals surface area contributed by atoms with E-state index < -0.39 is 0 Å². The number of hydrogen-bond donors (Lipinski definition) is 3. The molecule has 8 heteroatoms. The number of amides is 3. The molecule has 3 N–H and O–H groups in total. The Morgan fingerprint density at radius 3 is 3.10 bits per heavy atom. The number of rotatable bonds is 8. The molecule has 3 fully saturated rings. The standard InChI is InChI=1S/C21H31N5O2S/c1-26-10-8-15(20(26)14-5-4-9-22-11-14)12-23-18(27)7-3-2-6-17-19-16(13-29-17)24-21(28)25-19/h4-5,9,11,15-17,19-20H,2-3,6-8,10,12-13H2,1H3,(H,23,27)(H2,24,25,28)/t15?,16-,17?,19-,20-/m0/s1. The summed E-state index contributed by atoms with van der Waals surface area (Å²) in [5.74, 6) is 1.57. The highest BCUT2D eigenvalue weighted by molar-refractivity contribution is 8.00. The number of unbranched alkanes of at least 4 members (excludes halogenated alkanes) is 1. The highest BCUT2D eigenvalue weighted by Gasteiger charge is 2.42. The van der Waals surface area contributed by atoms with Crippen LogP contribution in [0.5, 0.6) is 0 Å². The largest absolute Gasteiger partial charge is 0.356 e. The van der Waals surface area contributed by atoms with Crippen LogP contribution in [0.2, 0.25) is 0 Å². The summed E-state index contributed by atoms with van der Waals surface area (Å²) in [4.78, 5) is 30.4. The molecule has 29 heavy (non-hydrogen) atoms. The third-order valence-corrected chi connectivity index (χ3v) is 7.95. The van der Waals surface area contributed by atoms with Crippen LogP contribution in [0.15, 0.2) is 24.5 Å². The maximum Gasteiger partial charge on any atom is 0.315 e. The number of fused-ring (bicyclic) bond motifs is 1. The first kappa shape index (κ1) is 20.5. The Balaban J connectivity index is 1.15. The molecule has 0 aromatic carbocycles. The number of carbonyl (C=O) groups excluding carboxylic acids is 2. The second kappa shape index (κ2) is 9.34. The lowest BCUT2D eigenvalue weighted by Gasteiger charge is -2.25. The molecule has 7 nitrogen and oxygen atoms in total. The lowest BCUT2D eigenvalue weighted by Crippen LogP contribution is -2.36. The predicted octanol–water partition coefficient (Wildman–Crippen LogP) is 1.92. The minimum atomic E-state index is -0.0353. The molecule has 1 aromatic heterocycles. The molecule has 1 aromatic rings. The Morgan fingerprint density at radius 1 is 1.38 bits per heavy atom. The summed E-state index contributed by atoms with van der Waals surface area (Å²) in [5.41, 5.74) is 1.23. The Kier molecular flexibility index (Phi) is 6.60. The quantitative estimate of drug-likeness (QED) is 0.444. The Bertz CT molecular complexity index is 718. The zero-order chi connectivity index (χ0) is 20.2. The molecule has 3 amide bonds. The van der Waals surface area contributed by atoms with E-state index >= 15 is 0 Å². The van der Waals surface area contributed by atoms with Crippen LogP contribution >= 0.6 is 11.8 Å². The van der Waals surface area contributed by atoms with Crippen molar-refractivity contribution in [2.45, 2.75) is 55.5 Å². The van der Waals surface area contributed by atoms with Crippen molar-refractivity contribution in [1.29, 1.82) is 0 Å². The second-order valence-electron chi connectivity index (χ2n) is 8.43. The van der Waals surface area contributed by atoms with E-state index in [1.165, 1.54) is 5.56 Å². The fraction of sp³-hybridized carbons (Fsp3) is 0.667. The zero-order valence-electron chi connectivity index (χ0n) is 17.0. The number of likely N-dealkylation sites (tertiary alicyclic amines) is 1. The highest BCUT2D eigenvalue weighted by Crippen LogP contribution is 2.35. The minimum Gasteiger partial charge on any atom is -0.356 e. The van der Waals surface area contributed by atoms with Crippen molar-refractivity contribution < 1.29 is 9.59 Å². The summed E-state index contributed by atoms with van der Waals surface area (Å²) in [5, 5.41) is 9.63. The zero-order valence-corrected chi connectivity index (χ0v) is 17.8. The average molecular weight is 418 g/mol. The van der Waals surface area contributed by atoms with Gasteiger partial charge in [0.1, 0.15) is 0 Å². The van der Waals surface area contributed by atoms with Gasteiger partial charge in [0.25, 0.3) is 0 Å². The van der Waals surface area contributed by atoms with Gasteiger partial charge in [-0.15, -0.1) is 0 Å². The van der Waals surface area contributed by atoms with Crippen LogP contribution in [0.1, 0.15) is 43.7 Å². The molecule has 0 saturated carbocycles. The third-order valence-electron chi connectivity index (χ3n) is 6.44. The van der Waals surface area contributed by atoms with Gasteiger partial charge in [0, 0.05) is 42.4 Å². The number of thioether (sulfide) groups is 1. The summed E-state index contributed by atoms with van der Waals surface area (Å²) >= 11 is 1.93. The highest BCUT2D eigenvalue weighted by atomic mass is 32.2. The van der Waals surface area contributed by atoms with Crippen molar-refractivity contribution in [2.24, 2.45) is 5.92 Å². The van der Waals surface area contributed by atoms with Crippen molar-refractivity contribution in [1.82, 2.24) is 25.8 Å². The fourth-order valence-electron chi connectivity index (χ4n) is 4.92. The van der Waals surface area contributed by atoms with Crippen molar-refractivity contribution in [3.05, 3.63) is 30.1 Å². The molecular weight excluding hydrogens is 386 g/mol. The fourth-order valence-corrected chi connectivity index (χ4v) is 6.47. The number of nitrogens with one attached hydrogen (secondary N) is 3. The van der Waals surface area contributed by atoms with E-state index in [4.69, 9.17) is 0 Å². The number of carbonyl (C=O) groups is 2. The molecule has 0 aliphatic carbocycles. The van der Waals surface area contributed by atoms with Gasteiger partial charge in [-0.1, -0.05) is 12.5 Å². The van der Waals surface area contributed by atoms with Gasteiger partial charge in [0.05, 0.1) is 12.1 Å². The van der Waals surface area contributed by atoms with Crippen LogP contribution in [-0.4, -0.2) is 65.0 Å². The summed E-state index contributed by atoms with van der Waals surface area (Å²) in [7, 11) is 2.15. The lowest BCUT2D eigenvalue weighted by atomic mass is 9.94. The van der Waals surface area contributed by atoms with E-state index in [0.29, 0.717) is 23.6 Å². The van der Waals surface area contributed by atoms with Crippen LogP contribution < -0.4 is 16.0 Å². The van der Waals surface area contributed by atoms with Crippen molar-refractivity contribution in [3.63, 3.8) is 0 Å². The van der Waals surface area contributed by atoms with E-state index in [1.54, 1.807) is 6.20 Å². The van der Waals surface area contributed by atoms with E-state index in [1.807, 2.05) is 24.0 Å². The predicted molar refractivity (Wildman–Crippen MR) is 115 cm³/mol. The van der Waals surface area contributed by atoms with Gasteiger partial charge in [0.2, 0.25) is 5.91 Å². The van der Waals surface area contributed by atoms with Crippen LogP contribution in [0.3, 0.4) is 0 Å². The average Bonchev–Trinajstić information content (AvgIpc) is 3.38. The molecule has 3 saturated heterocycles. The SMILES string of the molecule is CN1CCC(CNC(=O)CCCCC2SC[C@@H]3NC(=O)N[C@H]23)[C@@H]1c1cccnc1. The van der Waals surface area contributed by atoms with E-state index in [0.717, 1.165) is 44.5 Å². The van der Waals surface area contributed by atoms with Gasteiger partial charge >= 0.3 is 6.03 Å². The molecule has 3 aliphatic heterocycles. The summed E-state index contributed by atoms with van der Waals surface area (Å²) in [6.45, 7) is 1.77. The second-order valence-corrected chi connectivity index (χ2v) is 9.70. The number of hydrogen-bond acceptors (Lipinski definition) is 5. The van der Waals surface area contributed by atoms with Gasteiger partial charge in [-0.05, 0) is 50.4 Å². The first-order chi connectivity index (χ1) is 14.1. The number of aromatic nitrogens is 1. The molecule has 0 radical (unpaired) electrons. The minimum absolute atomic E-state index is 0.0353. The van der Waals surface area contributed by atoms with Crippen molar-refractivity contribution >= 4 is 23.7 Å². The van der Waals surface area contributed by atoms with E-state index in [9.17, 15) is 9.59 Å². The van der Waals surface area contributed by atoms with Crippen molar-refractivity contribution in [2.75, 3.05) is 25.9 Å². The van der Waals surface area contributed by atoms with Crippen LogP contribution in [0.25, 0.3) is 0 Å². The van der Waals surface area contributed by atoms with Crippen LogP contribution in [0, 0.1) is 5.92 Å².